The molecule has 3 N–H and O–H groups in total. The number of rotatable bonds is 4. The number of aliphatic hydroxyl groups excluding tert-OH is 1. The third-order valence-corrected chi connectivity index (χ3v) is 4.25. The molecule has 8 heteroatoms. The molecule has 1 aromatic carbocycles. The average Bonchev–Trinajstić information content (AvgIpc) is 2.52. The predicted molar refractivity (Wildman–Crippen MR) is 92.2 cm³/mol. The van der Waals surface area contributed by atoms with Gasteiger partial charge in [-0.05, 0) is 5.56 Å². The molecule has 0 radical (unpaired) electrons. The van der Waals surface area contributed by atoms with Crippen molar-refractivity contribution in [2.45, 2.75) is 19.1 Å². The van der Waals surface area contributed by atoms with E-state index in [0.717, 1.165) is 5.56 Å². The molecule has 0 fully saturated rings. The summed E-state index contributed by atoms with van der Waals surface area (Å²) >= 11 is 6.70. The van der Waals surface area contributed by atoms with Crippen LogP contribution in [0, 0.1) is 0 Å². The number of aliphatic hydroxyl groups is 1. The van der Waals surface area contributed by atoms with Gasteiger partial charge in [0.05, 0.1) is 22.9 Å². The van der Waals surface area contributed by atoms with Crippen LogP contribution in [0.4, 0.5) is 0 Å². The summed E-state index contributed by atoms with van der Waals surface area (Å²) in [6.45, 7) is 0.108. The number of nitrogens with one attached hydrogen (secondary N) is 2. The first-order valence-electron chi connectivity index (χ1n) is 6.37. The Bertz CT molecular complexity index is 633. The minimum atomic E-state index is -0.919. The Morgan fingerprint density at radius 3 is 2.73 bits per heavy atom. The highest BCUT2D eigenvalue weighted by Crippen LogP contribution is 2.18. The summed E-state index contributed by atoms with van der Waals surface area (Å²) < 4.78 is 7.74. The molecule has 0 spiro atoms. The number of hydrogen-bond donors (Lipinski definition) is 3. The Hall–Kier alpha value is -1.68. The average molecular weight is 432 g/mol. The normalized spacial score (nSPS) is 17.7. The quantitative estimate of drug-likeness (QED) is 0.291. The highest BCUT2D eigenvalue weighted by Gasteiger charge is 2.33. The molecule has 1 unspecified atom stereocenters. The van der Waals surface area contributed by atoms with Crippen molar-refractivity contribution >= 4 is 51.9 Å². The highest BCUT2D eigenvalue weighted by molar-refractivity contribution is 14.1. The molecule has 1 amide bonds. The van der Waals surface area contributed by atoms with Gasteiger partial charge in [-0.2, -0.15) is 0 Å². The lowest BCUT2D eigenvalue weighted by Crippen LogP contribution is -2.48. The van der Waals surface area contributed by atoms with Gasteiger partial charge in [0.15, 0.2) is 0 Å². The second-order valence-electron chi connectivity index (χ2n) is 4.57. The number of esters is 1. The van der Waals surface area contributed by atoms with E-state index in [9.17, 15) is 14.7 Å². The van der Waals surface area contributed by atoms with Gasteiger partial charge < -0.3 is 18.7 Å². The molecule has 1 aliphatic heterocycles. The highest BCUT2D eigenvalue weighted by atomic mass is 127. The van der Waals surface area contributed by atoms with Crippen LogP contribution in [0.3, 0.4) is 0 Å². The van der Waals surface area contributed by atoms with Crippen molar-refractivity contribution in [1.29, 1.82) is 0 Å². The number of thiocarbonyl (C=S) groups is 1. The van der Waals surface area contributed by atoms with Gasteiger partial charge in [0.25, 0.3) is 5.91 Å². The lowest BCUT2D eigenvalue weighted by Gasteiger charge is -2.24. The summed E-state index contributed by atoms with van der Waals surface area (Å²) in [7, 11) is 0. The van der Waals surface area contributed by atoms with Crippen molar-refractivity contribution < 1.29 is 19.4 Å². The molecule has 1 aliphatic rings. The van der Waals surface area contributed by atoms with E-state index in [1.165, 1.54) is 0 Å². The van der Waals surface area contributed by atoms with E-state index in [1.807, 2.05) is 30.3 Å². The van der Waals surface area contributed by atoms with Crippen molar-refractivity contribution in [3.8, 4) is 0 Å². The minimum absolute atomic E-state index is 0.0171. The van der Waals surface area contributed by atoms with Crippen LogP contribution in [-0.4, -0.2) is 28.0 Å². The molecule has 0 bridgehead atoms. The first kappa shape index (κ1) is 16.7. The summed E-state index contributed by atoms with van der Waals surface area (Å²) in [4.78, 5) is 24.0. The van der Waals surface area contributed by atoms with Crippen LogP contribution >= 0.6 is 35.1 Å². The second-order valence-corrected chi connectivity index (χ2v) is 5.52. The topological polar surface area (TPSA) is 87.7 Å². The van der Waals surface area contributed by atoms with Gasteiger partial charge in [-0.25, -0.2) is 4.79 Å². The Balaban J connectivity index is 2.00. The zero-order valence-electron chi connectivity index (χ0n) is 11.3. The number of halogens is 1. The second kappa shape index (κ2) is 7.54. The molecule has 1 heterocycles. The molecule has 6 nitrogen and oxygen atoms in total. The third kappa shape index (κ3) is 3.95. The van der Waals surface area contributed by atoms with Crippen molar-refractivity contribution in [3.05, 3.63) is 47.2 Å². The summed E-state index contributed by atoms with van der Waals surface area (Å²) in [5, 5.41) is 12.4. The minimum Gasteiger partial charge on any atom is -0.511 e. The summed E-state index contributed by atoms with van der Waals surface area (Å²) in [6.07, 6.45) is -0.0485. The molecule has 1 atom stereocenters. The maximum absolute atomic E-state index is 12.0. The molecule has 22 heavy (non-hydrogen) atoms. The van der Waals surface area contributed by atoms with E-state index >= 15 is 0 Å². The largest absolute Gasteiger partial charge is 0.511 e. The molecule has 116 valence electrons. The fourth-order valence-electron chi connectivity index (χ4n) is 1.96. The van der Waals surface area contributed by atoms with Gasteiger partial charge in [-0.3, -0.25) is 4.79 Å². The molecular formula is C14H13IN2O4S. The van der Waals surface area contributed by atoms with Crippen LogP contribution in [0.5, 0.6) is 0 Å². The van der Waals surface area contributed by atoms with Crippen LogP contribution < -0.4 is 8.85 Å². The van der Waals surface area contributed by atoms with Crippen LogP contribution in [0.1, 0.15) is 12.0 Å². The molecule has 0 aliphatic carbocycles. The molecule has 1 aromatic rings. The summed E-state index contributed by atoms with van der Waals surface area (Å²) in [5.41, 5.74) is 0.824. The van der Waals surface area contributed by atoms with Gasteiger partial charge >= 0.3 is 5.97 Å². The van der Waals surface area contributed by atoms with Crippen LogP contribution in [0.15, 0.2) is 41.7 Å². The predicted octanol–water partition coefficient (Wildman–Crippen LogP) is 1.70. The first-order valence-corrected chi connectivity index (χ1v) is 7.86. The standard InChI is InChI=1S/C14H13IN2O4S/c15-17-13(22)11-10(18)6-9(16-12(11)19)14(20)21-7-8-4-2-1-3-5-8/h1-5,9,18H,6-7H2,(H,16,19)(H,17,22). The van der Waals surface area contributed by atoms with Crippen molar-refractivity contribution in [2.75, 3.05) is 0 Å². The number of carbonyl (C=O) groups excluding carboxylic acids is 2. The summed E-state index contributed by atoms with van der Waals surface area (Å²) in [6, 6.07) is 8.27. The Labute approximate surface area is 146 Å². The number of benzene rings is 1. The fourth-order valence-corrected chi connectivity index (χ4v) is 2.44. The van der Waals surface area contributed by atoms with Crippen molar-refractivity contribution in [1.82, 2.24) is 8.85 Å². The molecule has 0 saturated carbocycles. The van der Waals surface area contributed by atoms with Crippen molar-refractivity contribution in [2.24, 2.45) is 0 Å². The number of amides is 1. The van der Waals surface area contributed by atoms with E-state index in [1.54, 1.807) is 22.9 Å². The first-order chi connectivity index (χ1) is 10.5. The van der Waals surface area contributed by atoms with Crippen LogP contribution in [-0.2, 0) is 20.9 Å². The van der Waals surface area contributed by atoms with Gasteiger partial charge in [-0.1, -0.05) is 42.5 Å². The maximum Gasteiger partial charge on any atom is 0.329 e. The third-order valence-electron chi connectivity index (χ3n) is 3.04. The Morgan fingerprint density at radius 2 is 2.14 bits per heavy atom. The van der Waals surface area contributed by atoms with E-state index in [-0.39, 0.29) is 29.3 Å². The smallest absolute Gasteiger partial charge is 0.329 e. The SMILES string of the molecule is O=C1NC(C(=O)OCc2ccccc2)CC(O)=C1C(=S)NI. The van der Waals surface area contributed by atoms with Gasteiger partial charge in [0.1, 0.15) is 29.0 Å². The summed E-state index contributed by atoms with van der Waals surface area (Å²) in [5.74, 6) is -1.42. The lowest BCUT2D eigenvalue weighted by molar-refractivity contribution is -0.149. The molecule has 0 aromatic heterocycles. The van der Waals surface area contributed by atoms with E-state index in [4.69, 9.17) is 17.0 Å². The van der Waals surface area contributed by atoms with Crippen LogP contribution in [0.25, 0.3) is 0 Å². The fraction of sp³-hybridized carbons (Fsp3) is 0.214. The zero-order chi connectivity index (χ0) is 16.1. The van der Waals surface area contributed by atoms with Gasteiger partial charge in [0, 0.05) is 6.42 Å². The van der Waals surface area contributed by atoms with E-state index < -0.39 is 17.9 Å². The van der Waals surface area contributed by atoms with E-state index in [2.05, 4.69) is 8.85 Å². The number of ether oxygens (including phenoxy) is 1. The number of hydrogen-bond acceptors (Lipinski definition) is 5. The lowest BCUT2D eigenvalue weighted by atomic mass is 10.0. The molecule has 0 saturated heterocycles. The van der Waals surface area contributed by atoms with Crippen molar-refractivity contribution in [3.63, 3.8) is 0 Å². The van der Waals surface area contributed by atoms with E-state index in [0.29, 0.717) is 0 Å². The van der Waals surface area contributed by atoms with Gasteiger partial charge in [0.2, 0.25) is 0 Å². The molecular weight excluding hydrogens is 419 g/mol. The number of carbonyl (C=O) groups is 2. The van der Waals surface area contributed by atoms with Crippen LogP contribution in [0.2, 0.25) is 0 Å². The maximum atomic E-state index is 12.0. The Morgan fingerprint density at radius 1 is 1.45 bits per heavy atom. The monoisotopic (exact) mass is 432 g/mol. The zero-order valence-corrected chi connectivity index (χ0v) is 14.3. The molecule has 2 rings (SSSR count). The Kier molecular flexibility index (Phi) is 5.72. The van der Waals surface area contributed by atoms with Gasteiger partial charge in [-0.15, -0.1) is 0 Å².